The predicted molar refractivity (Wildman–Crippen MR) is 69.9 cm³/mol. The molecule has 3 heteroatoms. The Morgan fingerprint density at radius 1 is 1.38 bits per heavy atom. The molecule has 0 unspecified atom stereocenters. The van der Waals surface area contributed by atoms with Crippen LogP contribution in [0.5, 0.6) is 0 Å². The number of nitrogens with one attached hydrogen (secondary N) is 1. The van der Waals surface area contributed by atoms with Crippen molar-refractivity contribution in [1.29, 1.82) is 0 Å². The Labute approximate surface area is 102 Å². The van der Waals surface area contributed by atoms with Crippen molar-refractivity contribution in [2.75, 3.05) is 13.1 Å². The molecule has 1 N–H and O–H groups in total. The summed E-state index contributed by atoms with van der Waals surface area (Å²) in [6.45, 7) is 4.47. The summed E-state index contributed by atoms with van der Waals surface area (Å²) < 4.78 is 0. The van der Waals surface area contributed by atoms with Gasteiger partial charge < -0.3 is 5.32 Å². The van der Waals surface area contributed by atoms with E-state index in [0.717, 1.165) is 6.54 Å². The van der Waals surface area contributed by atoms with Gasteiger partial charge in [0, 0.05) is 17.6 Å². The Kier molecular flexibility index (Phi) is 4.36. The molecule has 0 amide bonds. The molecule has 0 spiro atoms. The molecule has 2 rings (SSSR count). The normalized spacial score (nSPS) is 19.8. The first-order valence-corrected chi connectivity index (χ1v) is 7.31. The van der Waals surface area contributed by atoms with Gasteiger partial charge in [-0.2, -0.15) is 0 Å². The lowest BCUT2D eigenvalue weighted by atomic mass is 9.71. The first kappa shape index (κ1) is 12.1. The lowest BCUT2D eigenvalue weighted by molar-refractivity contribution is 0.183. The Morgan fingerprint density at radius 2 is 2.19 bits per heavy atom. The van der Waals surface area contributed by atoms with Crippen LogP contribution in [-0.4, -0.2) is 18.1 Å². The third-order valence-corrected chi connectivity index (χ3v) is 4.48. The third kappa shape index (κ3) is 3.05. The highest BCUT2D eigenvalue weighted by molar-refractivity contribution is 7.09. The zero-order valence-corrected chi connectivity index (χ0v) is 11.0. The van der Waals surface area contributed by atoms with Crippen LogP contribution in [0.2, 0.25) is 0 Å². The monoisotopic (exact) mass is 238 g/mol. The van der Waals surface area contributed by atoms with Crippen LogP contribution in [0.1, 0.15) is 43.9 Å². The van der Waals surface area contributed by atoms with Crippen LogP contribution in [0, 0.1) is 5.41 Å². The van der Waals surface area contributed by atoms with Crippen LogP contribution in [-0.2, 0) is 6.42 Å². The fraction of sp³-hybridized carbons (Fsp3) is 0.769. The van der Waals surface area contributed by atoms with E-state index >= 15 is 0 Å². The molecule has 1 aliphatic rings. The van der Waals surface area contributed by atoms with Gasteiger partial charge in [-0.3, -0.25) is 4.98 Å². The van der Waals surface area contributed by atoms with E-state index in [1.54, 1.807) is 0 Å². The highest BCUT2D eigenvalue weighted by Crippen LogP contribution is 2.39. The summed E-state index contributed by atoms with van der Waals surface area (Å²) in [5, 5.41) is 3.56. The second-order valence-corrected chi connectivity index (χ2v) is 5.96. The largest absolute Gasteiger partial charge is 0.316 e. The maximum Gasteiger partial charge on any atom is 0.0794 e. The predicted octanol–water partition coefficient (Wildman–Crippen LogP) is 3.25. The molecule has 90 valence electrons. The first-order valence-electron chi connectivity index (χ1n) is 6.43. The first-order chi connectivity index (χ1) is 7.85. The van der Waals surface area contributed by atoms with Crippen molar-refractivity contribution in [3.63, 3.8) is 0 Å². The van der Waals surface area contributed by atoms with Crippen LogP contribution >= 0.6 is 11.3 Å². The van der Waals surface area contributed by atoms with Crippen molar-refractivity contribution in [2.24, 2.45) is 5.41 Å². The van der Waals surface area contributed by atoms with Gasteiger partial charge in [-0.1, -0.05) is 26.2 Å². The molecule has 0 aromatic carbocycles. The van der Waals surface area contributed by atoms with Gasteiger partial charge >= 0.3 is 0 Å². The summed E-state index contributed by atoms with van der Waals surface area (Å²) in [6.07, 6.45) is 10.3. The molecular weight excluding hydrogens is 216 g/mol. The van der Waals surface area contributed by atoms with Gasteiger partial charge in [-0.25, -0.2) is 0 Å². The Hall–Kier alpha value is -0.410. The van der Waals surface area contributed by atoms with Crippen LogP contribution in [0.25, 0.3) is 0 Å². The van der Waals surface area contributed by atoms with Crippen molar-refractivity contribution in [3.8, 4) is 0 Å². The minimum absolute atomic E-state index is 0.515. The summed E-state index contributed by atoms with van der Waals surface area (Å²) in [4.78, 5) is 5.66. The van der Waals surface area contributed by atoms with E-state index in [-0.39, 0.29) is 0 Å². The van der Waals surface area contributed by atoms with Crippen molar-refractivity contribution >= 4 is 11.3 Å². The molecule has 0 saturated heterocycles. The zero-order chi connectivity index (χ0) is 11.3. The van der Waals surface area contributed by atoms with Gasteiger partial charge in [0.05, 0.1) is 5.51 Å². The number of rotatable bonds is 5. The lowest BCUT2D eigenvalue weighted by Gasteiger charge is -2.37. The van der Waals surface area contributed by atoms with E-state index in [9.17, 15) is 0 Å². The maximum absolute atomic E-state index is 4.20. The quantitative estimate of drug-likeness (QED) is 0.852. The number of aromatic nitrogens is 1. The molecule has 1 fully saturated rings. The maximum atomic E-state index is 4.20. The van der Waals surface area contributed by atoms with Gasteiger partial charge in [-0.05, 0) is 31.2 Å². The van der Waals surface area contributed by atoms with E-state index < -0.39 is 0 Å². The second kappa shape index (κ2) is 5.78. The Balaban J connectivity index is 2.01. The number of nitrogens with zero attached hydrogens (tertiary/aromatic N) is 1. The molecule has 1 aromatic rings. The lowest BCUT2D eigenvalue weighted by Crippen LogP contribution is -2.37. The van der Waals surface area contributed by atoms with E-state index in [1.165, 1.54) is 49.9 Å². The fourth-order valence-corrected chi connectivity index (χ4v) is 3.58. The molecule has 1 saturated carbocycles. The van der Waals surface area contributed by atoms with Crippen molar-refractivity contribution in [2.45, 2.75) is 45.4 Å². The molecule has 1 aliphatic carbocycles. The third-order valence-electron chi connectivity index (χ3n) is 3.70. The van der Waals surface area contributed by atoms with Crippen molar-refractivity contribution in [1.82, 2.24) is 10.3 Å². The SMILES string of the molecule is CCNCC1(Cc2cncs2)CCCCC1. The van der Waals surface area contributed by atoms with E-state index in [0.29, 0.717) is 5.41 Å². The zero-order valence-electron chi connectivity index (χ0n) is 10.2. The summed E-state index contributed by atoms with van der Waals surface area (Å²) in [5.41, 5.74) is 2.47. The molecule has 0 aliphatic heterocycles. The molecular formula is C13H22N2S. The summed E-state index contributed by atoms with van der Waals surface area (Å²) >= 11 is 1.81. The van der Waals surface area contributed by atoms with E-state index in [2.05, 4.69) is 17.2 Å². The van der Waals surface area contributed by atoms with Crippen LogP contribution < -0.4 is 5.32 Å². The fourth-order valence-electron chi connectivity index (χ4n) is 2.81. The highest BCUT2D eigenvalue weighted by atomic mass is 32.1. The summed E-state index contributed by atoms with van der Waals surface area (Å²) in [5.74, 6) is 0. The van der Waals surface area contributed by atoms with Crippen LogP contribution in [0.4, 0.5) is 0 Å². The standard InChI is InChI=1S/C13H22N2S/c1-2-14-10-13(6-4-3-5-7-13)8-12-9-15-11-16-12/h9,11,14H,2-8,10H2,1H3. The van der Waals surface area contributed by atoms with Gasteiger partial charge in [0.2, 0.25) is 0 Å². The van der Waals surface area contributed by atoms with Gasteiger partial charge in [0.1, 0.15) is 0 Å². The average Bonchev–Trinajstić information content (AvgIpc) is 2.80. The number of thiazole rings is 1. The number of hydrogen-bond donors (Lipinski definition) is 1. The molecule has 0 bridgehead atoms. The smallest absolute Gasteiger partial charge is 0.0794 e. The summed E-state index contributed by atoms with van der Waals surface area (Å²) in [6, 6.07) is 0. The van der Waals surface area contributed by atoms with E-state index in [4.69, 9.17) is 0 Å². The second-order valence-electron chi connectivity index (χ2n) is 4.99. The highest BCUT2D eigenvalue weighted by Gasteiger charge is 2.32. The minimum atomic E-state index is 0.515. The van der Waals surface area contributed by atoms with Gasteiger partial charge in [0.15, 0.2) is 0 Å². The summed E-state index contributed by atoms with van der Waals surface area (Å²) in [7, 11) is 0. The number of hydrogen-bond acceptors (Lipinski definition) is 3. The van der Waals surface area contributed by atoms with E-state index in [1.807, 2.05) is 23.0 Å². The van der Waals surface area contributed by atoms with Crippen molar-refractivity contribution < 1.29 is 0 Å². The van der Waals surface area contributed by atoms with Crippen LogP contribution in [0.3, 0.4) is 0 Å². The molecule has 1 heterocycles. The van der Waals surface area contributed by atoms with Crippen molar-refractivity contribution in [3.05, 3.63) is 16.6 Å². The average molecular weight is 238 g/mol. The Morgan fingerprint density at radius 3 is 2.81 bits per heavy atom. The Bertz CT molecular complexity index is 289. The molecule has 0 atom stereocenters. The van der Waals surface area contributed by atoms with Crippen LogP contribution in [0.15, 0.2) is 11.7 Å². The molecule has 0 radical (unpaired) electrons. The van der Waals surface area contributed by atoms with Gasteiger partial charge in [0.25, 0.3) is 0 Å². The topological polar surface area (TPSA) is 24.9 Å². The molecule has 1 aromatic heterocycles. The van der Waals surface area contributed by atoms with Gasteiger partial charge in [-0.15, -0.1) is 11.3 Å². The molecule has 16 heavy (non-hydrogen) atoms. The minimum Gasteiger partial charge on any atom is -0.316 e. The molecule has 2 nitrogen and oxygen atoms in total.